The van der Waals surface area contributed by atoms with Crippen LogP contribution in [-0.4, -0.2) is 12.6 Å². The Kier molecular flexibility index (Phi) is 3.74. The molecule has 0 radical (unpaired) electrons. The van der Waals surface area contributed by atoms with Gasteiger partial charge < -0.3 is 9.47 Å². The Bertz CT molecular complexity index is 652. The number of halogens is 1. The number of hydrogen-bond acceptors (Lipinski definition) is 3. The molecule has 0 saturated heterocycles. The van der Waals surface area contributed by atoms with Crippen molar-refractivity contribution in [2.24, 2.45) is 0 Å². The number of ether oxygens (including phenoxy) is 2. The summed E-state index contributed by atoms with van der Waals surface area (Å²) in [4.78, 5) is 12.2. The predicted octanol–water partition coefficient (Wildman–Crippen LogP) is 3.99. The van der Waals surface area contributed by atoms with Crippen LogP contribution in [0.25, 0.3) is 0 Å². The first-order valence-electron chi connectivity index (χ1n) is 6.40. The number of ketones is 1. The van der Waals surface area contributed by atoms with E-state index in [0.717, 1.165) is 10.0 Å². The van der Waals surface area contributed by atoms with Crippen molar-refractivity contribution >= 4 is 21.7 Å². The standard InChI is InChI=1S/C16H13BrO3/c17-13-4-2-1-3-11(13)5-7-14(18)12-6-8-15-16(9-12)20-10-19-15/h1-4,6,8-9H,5,7,10H2. The molecule has 2 aromatic rings. The fourth-order valence-corrected chi connectivity index (χ4v) is 2.65. The summed E-state index contributed by atoms with van der Waals surface area (Å²) in [6, 6.07) is 13.3. The first kappa shape index (κ1) is 13.2. The molecule has 0 bridgehead atoms. The Hall–Kier alpha value is -1.81. The number of fused-ring (bicyclic) bond motifs is 1. The smallest absolute Gasteiger partial charge is 0.231 e. The van der Waals surface area contributed by atoms with Crippen molar-refractivity contribution in [3.63, 3.8) is 0 Å². The number of carbonyl (C=O) groups excluding carboxylic acids is 1. The topological polar surface area (TPSA) is 35.5 Å². The molecule has 4 heteroatoms. The Balaban J connectivity index is 1.69. The van der Waals surface area contributed by atoms with Gasteiger partial charge in [-0.3, -0.25) is 4.79 Å². The second-order valence-electron chi connectivity index (χ2n) is 4.58. The molecule has 0 aromatic heterocycles. The van der Waals surface area contributed by atoms with Crippen molar-refractivity contribution in [3.8, 4) is 11.5 Å². The molecule has 0 atom stereocenters. The number of Topliss-reactive ketones (excluding diaryl/α,β-unsaturated/α-hetero) is 1. The summed E-state index contributed by atoms with van der Waals surface area (Å²) >= 11 is 3.50. The van der Waals surface area contributed by atoms with Gasteiger partial charge in [0.1, 0.15) is 0 Å². The normalized spacial score (nSPS) is 12.4. The largest absolute Gasteiger partial charge is 0.454 e. The molecule has 0 amide bonds. The molecule has 0 spiro atoms. The zero-order chi connectivity index (χ0) is 13.9. The van der Waals surface area contributed by atoms with Gasteiger partial charge in [-0.1, -0.05) is 34.1 Å². The average Bonchev–Trinajstić information content (AvgIpc) is 2.93. The summed E-state index contributed by atoms with van der Waals surface area (Å²) in [7, 11) is 0. The Morgan fingerprint density at radius 2 is 1.90 bits per heavy atom. The van der Waals surface area contributed by atoms with Crippen LogP contribution in [0.3, 0.4) is 0 Å². The summed E-state index contributed by atoms with van der Waals surface area (Å²) in [5, 5.41) is 0. The molecule has 1 aliphatic rings. The molecule has 3 nitrogen and oxygen atoms in total. The van der Waals surface area contributed by atoms with Crippen LogP contribution in [-0.2, 0) is 6.42 Å². The number of benzene rings is 2. The van der Waals surface area contributed by atoms with Crippen LogP contribution in [0.2, 0.25) is 0 Å². The number of hydrogen-bond donors (Lipinski definition) is 0. The lowest BCUT2D eigenvalue weighted by Crippen LogP contribution is -2.01. The van der Waals surface area contributed by atoms with E-state index in [1.807, 2.05) is 24.3 Å². The number of rotatable bonds is 4. The van der Waals surface area contributed by atoms with Gasteiger partial charge in [-0.25, -0.2) is 0 Å². The van der Waals surface area contributed by atoms with E-state index in [-0.39, 0.29) is 12.6 Å². The van der Waals surface area contributed by atoms with Crippen LogP contribution in [0.1, 0.15) is 22.3 Å². The fraction of sp³-hybridized carbons (Fsp3) is 0.188. The highest BCUT2D eigenvalue weighted by Gasteiger charge is 2.16. The van der Waals surface area contributed by atoms with E-state index in [2.05, 4.69) is 15.9 Å². The van der Waals surface area contributed by atoms with Crippen LogP contribution in [0.15, 0.2) is 46.9 Å². The molecule has 3 rings (SSSR count). The average molecular weight is 333 g/mol. The summed E-state index contributed by atoms with van der Waals surface area (Å²) in [5.41, 5.74) is 1.81. The van der Waals surface area contributed by atoms with Crippen LogP contribution >= 0.6 is 15.9 Å². The third-order valence-electron chi connectivity index (χ3n) is 3.27. The lowest BCUT2D eigenvalue weighted by atomic mass is 10.0. The molecule has 0 aliphatic carbocycles. The van der Waals surface area contributed by atoms with Gasteiger partial charge in [0, 0.05) is 16.5 Å². The van der Waals surface area contributed by atoms with Crippen molar-refractivity contribution in [3.05, 3.63) is 58.1 Å². The third kappa shape index (κ3) is 2.70. The van der Waals surface area contributed by atoms with Gasteiger partial charge >= 0.3 is 0 Å². The molecule has 102 valence electrons. The monoisotopic (exact) mass is 332 g/mol. The maximum atomic E-state index is 12.2. The molecule has 1 aliphatic heterocycles. The fourth-order valence-electron chi connectivity index (χ4n) is 2.16. The van der Waals surface area contributed by atoms with Crippen LogP contribution < -0.4 is 9.47 Å². The second-order valence-corrected chi connectivity index (χ2v) is 5.44. The zero-order valence-corrected chi connectivity index (χ0v) is 12.4. The minimum absolute atomic E-state index is 0.110. The van der Waals surface area contributed by atoms with Gasteiger partial charge in [-0.15, -0.1) is 0 Å². The van der Waals surface area contributed by atoms with Gasteiger partial charge in [0.2, 0.25) is 6.79 Å². The highest BCUT2D eigenvalue weighted by Crippen LogP contribution is 2.32. The molecule has 0 fully saturated rings. The van der Waals surface area contributed by atoms with Gasteiger partial charge in [0.15, 0.2) is 17.3 Å². The zero-order valence-electron chi connectivity index (χ0n) is 10.8. The predicted molar refractivity (Wildman–Crippen MR) is 79.4 cm³/mol. The van der Waals surface area contributed by atoms with E-state index in [1.165, 1.54) is 0 Å². The van der Waals surface area contributed by atoms with Crippen LogP contribution in [0, 0.1) is 0 Å². The van der Waals surface area contributed by atoms with E-state index in [4.69, 9.17) is 9.47 Å². The van der Waals surface area contributed by atoms with Crippen molar-refractivity contribution < 1.29 is 14.3 Å². The highest BCUT2D eigenvalue weighted by atomic mass is 79.9. The molecule has 0 saturated carbocycles. The molecular weight excluding hydrogens is 320 g/mol. The molecule has 2 aromatic carbocycles. The molecule has 1 heterocycles. The molecule has 0 N–H and O–H groups in total. The quantitative estimate of drug-likeness (QED) is 0.794. The minimum Gasteiger partial charge on any atom is -0.454 e. The van der Waals surface area contributed by atoms with E-state index >= 15 is 0 Å². The summed E-state index contributed by atoms with van der Waals surface area (Å²) in [6.07, 6.45) is 1.19. The maximum absolute atomic E-state index is 12.2. The first-order chi connectivity index (χ1) is 9.74. The lowest BCUT2D eigenvalue weighted by Gasteiger charge is -2.05. The maximum Gasteiger partial charge on any atom is 0.231 e. The minimum atomic E-state index is 0.110. The van der Waals surface area contributed by atoms with E-state index in [9.17, 15) is 4.79 Å². The van der Waals surface area contributed by atoms with E-state index < -0.39 is 0 Å². The second kappa shape index (κ2) is 5.67. The summed E-state index contributed by atoms with van der Waals surface area (Å²) < 4.78 is 11.6. The van der Waals surface area contributed by atoms with Crippen LogP contribution in [0.4, 0.5) is 0 Å². The first-order valence-corrected chi connectivity index (χ1v) is 7.19. The van der Waals surface area contributed by atoms with Crippen molar-refractivity contribution in [1.29, 1.82) is 0 Å². The number of aryl methyl sites for hydroxylation is 1. The van der Waals surface area contributed by atoms with E-state index in [0.29, 0.717) is 29.9 Å². The van der Waals surface area contributed by atoms with Gasteiger partial charge in [-0.05, 0) is 36.2 Å². The Morgan fingerprint density at radius 3 is 2.75 bits per heavy atom. The Labute approximate surface area is 125 Å². The Morgan fingerprint density at radius 1 is 1.10 bits per heavy atom. The van der Waals surface area contributed by atoms with E-state index in [1.54, 1.807) is 18.2 Å². The highest BCUT2D eigenvalue weighted by molar-refractivity contribution is 9.10. The van der Waals surface area contributed by atoms with Crippen molar-refractivity contribution in [2.75, 3.05) is 6.79 Å². The lowest BCUT2D eigenvalue weighted by molar-refractivity contribution is 0.0982. The van der Waals surface area contributed by atoms with Crippen molar-refractivity contribution in [2.45, 2.75) is 12.8 Å². The molecule has 0 unspecified atom stereocenters. The van der Waals surface area contributed by atoms with Crippen molar-refractivity contribution in [1.82, 2.24) is 0 Å². The third-order valence-corrected chi connectivity index (χ3v) is 4.05. The summed E-state index contributed by atoms with van der Waals surface area (Å²) in [5.74, 6) is 1.46. The number of carbonyl (C=O) groups is 1. The van der Waals surface area contributed by atoms with Gasteiger partial charge in [-0.2, -0.15) is 0 Å². The SMILES string of the molecule is O=C(CCc1ccccc1Br)c1ccc2c(c1)OCO2. The molecular formula is C16H13BrO3. The van der Waals surface area contributed by atoms with Gasteiger partial charge in [0.25, 0.3) is 0 Å². The molecule has 20 heavy (non-hydrogen) atoms. The van der Waals surface area contributed by atoms with Gasteiger partial charge in [0.05, 0.1) is 0 Å². The van der Waals surface area contributed by atoms with Crippen LogP contribution in [0.5, 0.6) is 11.5 Å². The summed E-state index contributed by atoms with van der Waals surface area (Å²) in [6.45, 7) is 0.226.